The minimum Gasteiger partial charge on any atom is -0.381 e. The van der Waals surface area contributed by atoms with E-state index in [2.05, 4.69) is 32.3 Å². The van der Waals surface area contributed by atoms with Gasteiger partial charge in [-0.2, -0.15) is 5.26 Å². The van der Waals surface area contributed by atoms with Crippen LogP contribution in [0.4, 0.5) is 10.8 Å². The molecule has 7 nitrogen and oxygen atoms in total. The molecule has 2 saturated heterocycles. The van der Waals surface area contributed by atoms with Crippen molar-refractivity contribution in [3.05, 3.63) is 40.2 Å². The van der Waals surface area contributed by atoms with E-state index >= 15 is 0 Å². The first-order valence-electron chi connectivity index (χ1n) is 9.52. The Kier molecular flexibility index (Phi) is 4.05. The van der Waals surface area contributed by atoms with E-state index in [9.17, 15) is 4.79 Å². The number of rotatable bonds is 4. The molecule has 1 amide bonds. The van der Waals surface area contributed by atoms with E-state index in [0.717, 1.165) is 54.2 Å². The van der Waals surface area contributed by atoms with Crippen molar-refractivity contribution in [3.63, 3.8) is 0 Å². The Balaban J connectivity index is 1.40. The highest BCUT2D eigenvalue weighted by Gasteiger charge is 2.42. The fourth-order valence-electron chi connectivity index (χ4n) is 4.78. The predicted octanol–water partition coefficient (Wildman–Crippen LogP) is 2.69. The largest absolute Gasteiger partial charge is 0.381 e. The number of pyridine rings is 1. The Bertz CT molecular complexity index is 1010. The van der Waals surface area contributed by atoms with Gasteiger partial charge in [-0.1, -0.05) is 12.2 Å². The number of hydrogen-bond acceptors (Lipinski definition) is 7. The highest BCUT2D eigenvalue weighted by Crippen LogP contribution is 2.42. The summed E-state index contributed by atoms with van der Waals surface area (Å²) >= 11 is 1.55. The van der Waals surface area contributed by atoms with Crippen LogP contribution in [0.25, 0.3) is 6.08 Å². The number of aromatic nitrogens is 2. The number of amides is 1. The molecule has 2 fully saturated rings. The number of fused-ring (bicyclic) bond motifs is 3. The highest BCUT2D eigenvalue weighted by atomic mass is 32.1. The summed E-state index contributed by atoms with van der Waals surface area (Å²) in [7, 11) is 0. The Morgan fingerprint density at radius 3 is 2.82 bits per heavy atom. The molecule has 0 aromatic carbocycles. The number of primary amides is 1. The van der Waals surface area contributed by atoms with Crippen molar-refractivity contribution in [2.45, 2.75) is 50.2 Å². The summed E-state index contributed by atoms with van der Waals surface area (Å²) in [5, 5.41) is 15.5. The lowest BCUT2D eigenvalue weighted by Crippen LogP contribution is -2.47. The van der Waals surface area contributed by atoms with Crippen molar-refractivity contribution in [1.82, 2.24) is 9.97 Å². The molecule has 4 heterocycles. The Morgan fingerprint density at radius 2 is 2.14 bits per heavy atom. The van der Waals surface area contributed by atoms with E-state index in [0.29, 0.717) is 23.3 Å². The van der Waals surface area contributed by atoms with Gasteiger partial charge in [-0.25, -0.2) is 4.98 Å². The molecule has 1 unspecified atom stereocenters. The Morgan fingerprint density at radius 1 is 1.36 bits per heavy atom. The minimum absolute atomic E-state index is 0.266. The van der Waals surface area contributed by atoms with Gasteiger partial charge in [0.05, 0.1) is 16.9 Å². The second-order valence-corrected chi connectivity index (χ2v) is 8.45. The van der Waals surface area contributed by atoms with Crippen LogP contribution in [0.3, 0.4) is 0 Å². The standard InChI is InChI=1S/C20H20N6OS/c21-8-12-10-28-20(25-12)26-13-4-5-14(26)7-11(6-13)24-18-15-2-1-3-17(15)23-9-16(18)19(22)27/h1-2,9-11,13-14H,3-7H2,(H2,22,27)(H,23,24)/t11?,13-,14+. The molecule has 28 heavy (non-hydrogen) atoms. The van der Waals surface area contributed by atoms with Crippen LogP contribution in [0, 0.1) is 11.3 Å². The number of hydrogen-bond donors (Lipinski definition) is 2. The van der Waals surface area contributed by atoms with Crippen molar-refractivity contribution in [3.8, 4) is 6.07 Å². The van der Waals surface area contributed by atoms with Gasteiger partial charge in [0, 0.05) is 41.7 Å². The molecular weight excluding hydrogens is 372 g/mol. The third kappa shape index (κ3) is 2.74. The van der Waals surface area contributed by atoms with Gasteiger partial charge >= 0.3 is 0 Å². The highest BCUT2D eigenvalue weighted by molar-refractivity contribution is 7.13. The first-order chi connectivity index (χ1) is 13.6. The molecule has 0 radical (unpaired) electrons. The number of piperidine rings is 1. The van der Waals surface area contributed by atoms with E-state index < -0.39 is 5.91 Å². The molecule has 3 aliphatic rings. The molecule has 2 aliphatic heterocycles. The van der Waals surface area contributed by atoms with E-state index in [1.54, 1.807) is 17.5 Å². The molecular formula is C20H20N6OS. The zero-order chi connectivity index (χ0) is 19.3. The van der Waals surface area contributed by atoms with Crippen LogP contribution in [-0.4, -0.2) is 34.0 Å². The average Bonchev–Trinajstić information content (AvgIpc) is 3.39. The fraction of sp³-hybridized carbons (Fsp3) is 0.400. The van der Waals surface area contributed by atoms with Crippen LogP contribution in [0.5, 0.6) is 0 Å². The zero-order valence-corrected chi connectivity index (χ0v) is 16.1. The maximum absolute atomic E-state index is 11.9. The van der Waals surface area contributed by atoms with Gasteiger partial charge in [-0.15, -0.1) is 11.3 Å². The monoisotopic (exact) mass is 392 g/mol. The number of carbonyl (C=O) groups is 1. The van der Waals surface area contributed by atoms with Crippen LogP contribution in [0.15, 0.2) is 17.7 Å². The van der Waals surface area contributed by atoms with Gasteiger partial charge in [0.25, 0.3) is 5.91 Å². The average molecular weight is 392 g/mol. The van der Waals surface area contributed by atoms with Gasteiger partial charge in [0.2, 0.25) is 0 Å². The molecule has 2 bridgehead atoms. The number of thiazole rings is 1. The van der Waals surface area contributed by atoms with Gasteiger partial charge in [0.15, 0.2) is 10.8 Å². The normalized spacial score (nSPS) is 24.8. The number of nitrogens with two attached hydrogens (primary N) is 1. The lowest BCUT2D eigenvalue weighted by Gasteiger charge is -2.39. The van der Waals surface area contributed by atoms with Crippen molar-refractivity contribution in [2.75, 3.05) is 10.2 Å². The van der Waals surface area contributed by atoms with Crippen LogP contribution in [-0.2, 0) is 6.42 Å². The van der Waals surface area contributed by atoms with Crippen molar-refractivity contribution < 1.29 is 4.79 Å². The van der Waals surface area contributed by atoms with Crippen LogP contribution >= 0.6 is 11.3 Å². The topological polar surface area (TPSA) is 108 Å². The predicted molar refractivity (Wildman–Crippen MR) is 108 cm³/mol. The quantitative estimate of drug-likeness (QED) is 0.828. The smallest absolute Gasteiger partial charge is 0.252 e. The first kappa shape index (κ1) is 17.2. The molecule has 2 aromatic rings. The lowest BCUT2D eigenvalue weighted by atomic mass is 9.96. The molecule has 142 valence electrons. The molecule has 5 rings (SSSR count). The number of nitrogens with one attached hydrogen (secondary N) is 1. The summed E-state index contributed by atoms with van der Waals surface area (Å²) in [4.78, 5) is 23.2. The molecule has 3 atom stereocenters. The molecule has 3 N–H and O–H groups in total. The Hall–Kier alpha value is -2.92. The van der Waals surface area contributed by atoms with Crippen LogP contribution in [0.1, 0.15) is 53.0 Å². The maximum atomic E-state index is 11.9. The van der Waals surface area contributed by atoms with E-state index in [1.807, 2.05) is 11.5 Å². The third-order valence-corrected chi connectivity index (χ3v) is 6.82. The SMILES string of the molecule is N#Cc1csc(N2[C@@H]3CC[C@H]2CC(Nc2c(C(N)=O)cnc4c2C=CC4)C3)n1. The lowest BCUT2D eigenvalue weighted by molar-refractivity contribution is 0.100. The molecule has 2 aromatic heterocycles. The summed E-state index contributed by atoms with van der Waals surface area (Å²) < 4.78 is 0. The first-order valence-corrected chi connectivity index (χ1v) is 10.4. The van der Waals surface area contributed by atoms with Crippen molar-refractivity contribution >= 4 is 34.1 Å². The second-order valence-electron chi connectivity index (χ2n) is 7.61. The van der Waals surface area contributed by atoms with E-state index in [1.165, 1.54) is 0 Å². The summed E-state index contributed by atoms with van der Waals surface area (Å²) in [6.07, 6.45) is 10.7. The number of allylic oxidation sites excluding steroid dienone is 1. The van der Waals surface area contributed by atoms with E-state index in [4.69, 9.17) is 11.0 Å². The number of nitriles is 1. The number of carbonyl (C=O) groups excluding carboxylic acids is 1. The number of nitrogens with zero attached hydrogens (tertiary/aromatic N) is 4. The molecule has 1 aliphatic carbocycles. The van der Waals surface area contributed by atoms with Gasteiger partial charge in [0.1, 0.15) is 6.07 Å². The maximum Gasteiger partial charge on any atom is 0.252 e. The third-order valence-electron chi connectivity index (χ3n) is 5.97. The molecule has 8 heteroatoms. The second kappa shape index (κ2) is 6.60. The van der Waals surface area contributed by atoms with Gasteiger partial charge in [-0.05, 0) is 25.7 Å². The molecule has 0 saturated carbocycles. The summed E-state index contributed by atoms with van der Waals surface area (Å²) in [5.41, 5.74) is 9.36. The minimum atomic E-state index is -0.453. The van der Waals surface area contributed by atoms with Crippen molar-refractivity contribution in [2.24, 2.45) is 5.73 Å². The summed E-state index contributed by atoms with van der Waals surface area (Å²) in [5.74, 6) is -0.453. The fourth-order valence-corrected chi connectivity index (χ4v) is 5.68. The number of anilines is 2. The van der Waals surface area contributed by atoms with Crippen molar-refractivity contribution in [1.29, 1.82) is 5.26 Å². The van der Waals surface area contributed by atoms with Gasteiger partial charge < -0.3 is 16.0 Å². The Labute approximate surface area is 166 Å². The van der Waals surface area contributed by atoms with Crippen LogP contribution in [0.2, 0.25) is 0 Å². The summed E-state index contributed by atoms with van der Waals surface area (Å²) in [6.45, 7) is 0. The van der Waals surface area contributed by atoms with E-state index in [-0.39, 0.29) is 6.04 Å². The van der Waals surface area contributed by atoms with Crippen LogP contribution < -0.4 is 16.0 Å². The molecule has 0 spiro atoms. The summed E-state index contributed by atoms with van der Waals surface area (Å²) in [6, 6.07) is 3.19. The van der Waals surface area contributed by atoms with Gasteiger partial charge in [-0.3, -0.25) is 9.78 Å². The zero-order valence-electron chi connectivity index (χ0n) is 15.3.